The standard InChI is InChI=1S/C15H19Cl2NO/c1-2-3-4-10-5-11(6-13(16)14(10)17)15-7-12(8-19-15)18-9-15/h5-6,12,18H,2-4,7-9H2,1H3. The zero-order valence-electron chi connectivity index (χ0n) is 11.1. The molecule has 19 heavy (non-hydrogen) atoms. The molecule has 0 amide bonds. The van der Waals surface area contributed by atoms with Crippen molar-refractivity contribution in [3.63, 3.8) is 0 Å². The maximum atomic E-state index is 6.32. The highest BCUT2D eigenvalue weighted by molar-refractivity contribution is 6.42. The van der Waals surface area contributed by atoms with Crippen molar-refractivity contribution in [1.82, 2.24) is 5.32 Å². The third kappa shape index (κ3) is 2.40. The number of ether oxygens (including phenoxy) is 1. The fourth-order valence-corrected chi connectivity index (χ4v) is 3.54. The van der Waals surface area contributed by atoms with Crippen LogP contribution in [0, 0.1) is 0 Å². The average molecular weight is 300 g/mol. The second-order valence-electron chi connectivity index (χ2n) is 5.62. The Morgan fingerprint density at radius 2 is 2.26 bits per heavy atom. The average Bonchev–Trinajstić information content (AvgIpc) is 3.02. The van der Waals surface area contributed by atoms with Crippen molar-refractivity contribution < 1.29 is 4.74 Å². The number of rotatable bonds is 4. The fraction of sp³-hybridized carbons (Fsp3) is 0.600. The first kappa shape index (κ1) is 13.7. The molecule has 2 fully saturated rings. The molecular formula is C15H19Cl2NO. The molecule has 104 valence electrons. The number of aryl methyl sites for hydroxylation is 1. The van der Waals surface area contributed by atoms with Gasteiger partial charge in [0.25, 0.3) is 0 Å². The Labute approximate surface area is 124 Å². The maximum absolute atomic E-state index is 6.32. The van der Waals surface area contributed by atoms with Crippen molar-refractivity contribution in [2.75, 3.05) is 13.2 Å². The minimum absolute atomic E-state index is 0.181. The summed E-state index contributed by atoms with van der Waals surface area (Å²) < 4.78 is 6.02. The van der Waals surface area contributed by atoms with Gasteiger partial charge in [0.1, 0.15) is 5.60 Å². The summed E-state index contributed by atoms with van der Waals surface area (Å²) in [7, 11) is 0. The molecule has 3 rings (SSSR count). The first-order valence-corrected chi connectivity index (χ1v) is 7.76. The summed E-state index contributed by atoms with van der Waals surface area (Å²) in [6.07, 6.45) is 4.31. The Bertz CT molecular complexity index is 481. The molecule has 4 heteroatoms. The van der Waals surface area contributed by atoms with Gasteiger partial charge in [-0.25, -0.2) is 0 Å². The van der Waals surface area contributed by atoms with Crippen LogP contribution in [0.4, 0.5) is 0 Å². The highest BCUT2D eigenvalue weighted by atomic mass is 35.5. The molecule has 2 aliphatic heterocycles. The second kappa shape index (κ2) is 5.25. The molecule has 2 heterocycles. The minimum atomic E-state index is -0.181. The summed E-state index contributed by atoms with van der Waals surface area (Å²) in [5, 5.41) is 4.85. The predicted octanol–water partition coefficient (Wildman–Crippen LogP) is 3.92. The van der Waals surface area contributed by atoms with Crippen molar-refractivity contribution in [3.05, 3.63) is 33.3 Å². The molecule has 1 aromatic carbocycles. The van der Waals surface area contributed by atoms with Gasteiger partial charge >= 0.3 is 0 Å². The Kier molecular flexibility index (Phi) is 3.78. The van der Waals surface area contributed by atoms with Gasteiger partial charge in [0.2, 0.25) is 0 Å². The van der Waals surface area contributed by atoms with Crippen LogP contribution in [-0.2, 0) is 16.8 Å². The van der Waals surface area contributed by atoms with E-state index in [2.05, 4.69) is 18.3 Å². The lowest BCUT2D eigenvalue weighted by atomic mass is 9.90. The Morgan fingerprint density at radius 1 is 1.42 bits per heavy atom. The monoisotopic (exact) mass is 299 g/mol. The number of morpholine rings is 1. The predicted molar refractivity (Wildman–Crippen MR) is 79.1 cm³/mol. The lowest BCUT2D eigenvalue weighted by molar-refractivity contribution is -0.00962. The second-order valence-corrected chi connectivity index (χ2v) is 6.41. The van der Waals surface area contributed by atoms with Crippen LogP contribution < -0.4 is 5.32 Å². The molecular weight excluding hydrogens is 281 g/mol. The third-order valence-corrected chi connectivity index (χ3v) is 5.08. The van der Waals surface area contributed by atoms with Crippen molar-refractivity contribution >= 4 is 23.2 Å². The molecule has 0 aromatic heterocycles. The van der Waals surface area contributed by atoms with Crippen LogP contribution >= 0.6 is 23.2 Å². The van der Waals surface area contributed by atoms with Gasteiger partial charge in [-0.1, -0.05) is 42.6 Å². The summed E-state index contributed by atoms with van der Waals surface area (Å²) in [5.74, 6) is 0. The van der Waals surface area contributed by atoms with E-state index < -0.39 is 0 Å². The fourth-order valence-electron chi connectivity index (χ4n) is 3.10. The van der Waals surface area contributed by atoms with Crippen LogP contribution in [-0.4, -0.2) is 19.2 Å². The number of nitrogens with one attached hydrogen (secondary N) is 1. The Hall–Kier alpha value is -0.280. The topological polar surface area (TPSA) is 21.3 Å². The van der Waals surface area contributed by atoms with E-state index in [1.807, 2.05) is 6.07 Å². The van der Waals surface area contributed by atoms with E-state index in [1.54, 1.807) is 0 Å². The zero-order chi connectivity index (χ0) is 13.5. The van der Waals surface area contributed by atoms with Gasteiger partial charge in [-0.15, -0.1) is 0 Å². The van der Waals surface area contributed by atoms with E-state index in [4.69, 9.17) is 27.9 Å². The van der Waals surface area contributed by atoms with Crippen molar-refractivity contribution in [2.45, 2.75) is 44.2 Å². The van der Waals surface area contributed by atoms with Gasteiger partial charge in [0, 0.05) is 12.6 Å². The molecule has 2 saturated heterocycles. The van der Waals surface area contributed by atoms with Gasteiger partial charge in [0.05, 0.1) is 16.7 Å². The van der Waals surface area contributed by atoms with Gasteiger partial charge in [-0.05, 0) is 36.5 Å². The maximum Gasteiger partial charge on any atom is 0.107 e. The molecule has 2 atom stereocenters. The Balaban J connectivity index is 1.95. The SMILES string of the molecule is CCCCc1cc(C23CNC(CO2)C3)cc(Cl)c1Cl. The summed E-state index contributed by atoms with van der Waals surface area (Å²) >= 11 is 12.6. The van der Waals surface area contributed by atoms with Crippen LogP contribution in [0.25, 0.3) is 0 Å². The van der Waals surface area contributed by atoms with Crippen molar-refractivity contribution in [3.8, 4) is 0 Å². The van der Waals surface area contributed by atoms with Crippen LogP contribution in [0.1, 0.15) is 37.3 Å². The molecule has 2 aliphatic rings. The third-order valence-electron chi connectivity index (χ3n) is 4.24. The number of hydrogen-bond donors (Lipinski definition) is 1. The Morgan fingerprint density at radius 3 is 2.84 bits per heavy atom. The highest BCUT2D eigenvalue weighted by Crippen LogP contribution is 2.43. The van der Waals surface area contributed by atoms with E-state index in [0.717, 1.165) is 44.4 Å². The van der Waals surface area contributed by atoms with Crippen LogP contribution in [0.15, 0.2) is 12.1 Å². The lowest BCUT2D eigenvalue weighted by Crippen LogP contribution is -2.37. The summed E-state index contributed by atoms with van der Waals surface area (Å²) in [6, 6.07) is 4.67. The highest BCUT2D eigenvalue weighted by Gasteiger charge is 2.47. The number of hydrogen-bond acceptors (Lipinski definition) is 2. The lowest BCUT2D eigenvalue weighted by Gasteiger charge is -2.28. The summed E-state index contributed by atoms with van der Waals surface area (Å²) in [6.45, 7) is 3.86. The van der Waals surface area contributed by atoms with E-state index in [0.29, 0.717) is 16.1 Å². The van der Waals surface area contributed by atoms with Crippen molar-refractivity contribution in [1.29, 1.82) is 0 Å². The van der Waals surface area contributed by atoms with Crippen LogP contribution in [0.5, 0.6) is 0 Å². The summed E-state index contributed by atoms with van der Waals surface area (Å²) in [5.41, 5.74) is 2.15. The van der Waals surface area contributed by atoms with E-state index in [9.17, 15) is 0 Å². The normalized spacial score (nSPS) is 29.1. The van der Waals surface area contributed by atoms with Crippen LogP contribution in [0.2, 0.25) is 10.0 Å². The summed E-state index contributed by atoms with van der Waals surface area (Å²) in [4.78, 5) is 0. The first-order valence-electron chi connectivity index (χ1n) is 7.00. The van der Waals surface area contributed by atoms with E-state index >= 15 is 0 Å². The molecule has 0 spiro atoms. The molecule has 1 N–H and O–H groups in total. The number of halogens is 2. The molecule has 2 unspecified atom stereocenters. The first-order chi connectivity index (χ1) is 9.14. The molecule has 1 aromatic rings. The van der Waals surface area contributed by atoms with Gasteiger partial charge in [0.15, 0.2) is 0 Å². The number of benzene rings is 1. The molecule has 0 radical (unpaired) electrons. The molecule has 0 aliphatic carbocycles. The number of fused-ring (bicyclic) bond motifs is 2. The quantitative estimate of drug-likeness (QED) is 0.910. The van der Waals surface area contributed by atoms with Gasteiger partial charge in [-0.2, -0.15) is 0 Å². The van der Waals surface area contributed by atoms with E-state index in [1.165, 1.54) is 5.56 Å². The smallest absolute Gasteiger partial charge is 0.107 e. The molecule has 2 nitrogen and oxygen atoms in total. The minimum Gasteiger partial charge on any atom is -0.367 e. The van der Waals surface area contributed by atoms with Crippen LogP contribution in [0.3, 0.4) is 0 Å². The molecule has 0 saturated carbocycles. The van der Waals surface area contributed by atoms with E-state index in [-0.39, 0.29) is 5.60 Å². The molecule has 2 bridgehead atoms. The largest absolute Gasteiger partial charge is 0.367 e. The van der Waals surface area contributed by atoms with Crippen molar-refractivity contribution in [2.24, 2.45) is 0 Å². The number of unbranched alkanes of at least 4 members (excludes halogenated alkanes) is 1. The van der Waals surface area contributed by atoms with Gasteiger partial charge in [-0.3, -0.25) is 0 Å². The zero-order valence-corrected chi connectivity index (χ0v) is 12.7. The van der Waals surface area contributed by atoms with Gasteiger partial charge < -0.3 is 10.1 Å².